The molecule has 11 heavy (non-hydrogen) atoms. The molecule has 60 valence electrons. The molecule has 2 atom stereocenters. The fourth-order valence-electron chi connectivity index (χ4n) is 3.50. The highest BCUT2D eigenvalue weighted by molar-refractivity contribution is 5.30. The first-order valence-corrected chi connectivity index (χ1v) is 5.17. The smallest absolute Gasteiger partial charge is 0.0195 e. The Hall–Kier alpha value is -0.260. The first-order valence-electron chi connectivity index (χ1n) is 5.17. The molecule has 0 amide bonds. The van der Waals surface area contributed by atoms with Gasteiger partial charge in [0.1, 0.15) is 0 Å². The normalized spacial score (nSPS) is 41.5. The largest absolute Gasteiger partial charge is 0.0676 e. The Kier molecular flexibility index (Phi) is 1.21. The third-order valence-electron chi connectivity index (χ3n) is 3.97. The van der Waals surface area contributed by atoms with E-state index < -0.39 is 0 Å². The number of allylic oxidation sites excluding steroid dienone is 2. The molecular formula is C11H16. The summed E-state index contributed by atoms with van der Waals surface area (Å²) in [7, 11) is 0. The van der Waals surface area contributed by atoms with Crippen LogP contribution in [0, 0.1) is 11.8 Å². The summed E-state index contributed by atoms with van der Waals surface area (Å²) in [6, 6.07) is 0. The molecule has 0 aromatic carbocycles. The van der Waals surface area contributed by atoms with Gasteiger partial charge in [0.25, 0.3) is 0 Å². The van der Waals surface area contributed by atoms with Gasteiger partial charge in [0, 0.05) is 0 Å². The number of fused-ring (bicyclic) bond motifs is 4. The number of hydrogen-bond acceptors (Lipinski definition) is 0. The van der Waals surface area contributed by atoms with Crippen molar-refractivity contribution in [3.8, 4) is 0 Å². The Morgan fingerprint density at radius 1 is 0.818 bits per heavy atom. The summed E-state index contributed by atoms with van der Waals surface area (Å²) in [5.41, 5.74) is 3.85. The monoisotopic (exact) mass is 148 g/mol. The van der Waals surface area contributed by atoms with Gasteiger partial charge in [0.05, 0.1) is 0 Å². The standard InChI is InChI=1S/C11H16/c1-2-4-11-9-6-5-8(7-9)10(11)3-1/h8-9H,1-7H2. The molecule has 0 nitrogen and oxygen atoms in total. The molecule has 2 bridgehead atoms. The van der Waals surface area contributed by atoms with E-state index in [0.717, 1.165) is 11.8 Å². The summed E-state index contributed by atoms with van der Waals surface area (Å²) in [6.07, 6.45) is 10.5. The van der Waals surface area contributed by atoms with Crippen molar-refractivity contribution in [2.75, 3.05) is 0 Å². The molecule has 0 heteroatoms. The van der Waals surface area contributed by atoms with Crippen LogP contribution >= 0.6 is 0 Å². The van der Waals surface area contributed by atoms with Gasteiger partial charge in [0.2, 0.25) is 0 Å². The molecule has 0 radical (unpaired) electrons. The molecule has 0 heterocycles. The van der Waals surface area contributed by atoms with E-state index in [1.807, 2.05) is 11.1 Å². The maximum absolute atomic E-state index is 1.92. The van der Waals surface area contributed by atoms with Gasteiger partial charge in [-0.05, 0) is 56.8 Å². The summed E-state index contributed by atoms with van der Waals surface area (Å²) in [5.74, 6) is 2.13. The second-order valence-electron chi connectivity index (χ2n) is 4.46. The molecule has 0 aromatic rings. The Labute approximate surface area is 68.7 Å². The minimum absolute atomic E-state index is 1.07. The fraction of sp³-hybridized carbons (Fsp3) is 0.818. The van der Waals surface area contributed by atoms with E-state index in [1.165, 1.54) is 38.5 Å². The highest BCUT2D eigenvalue weighted by Gasteiger charge is 2.38. The molecule has 3 rings (SSSR count). The Morgan fingerprint density at radius 3 is 1.91 bits per heavy atom. The molecule has 0 aliphatic heterocycles. The van der Waals surface area contributed by atoms with Gasteiger partial charge < -0.3 is 0 Å². The van der Waals surface area contributed by atoms with Gasteiger partial charge in [0.15, 0.2) is 0 Å². The quantitative estimate of drug-likeness (QED) is 0.462. The van der Waals surface area contributed by atoms with Crippen LogP contribution in [0.1, 0.15) is 44.9 Å². The lowest BCUT2D eigenvalue weighted by atomic mass is 9.82. The van der Waals surface area contributed by atoms with Crippen molar-refractivity contribution < 1.29 is 0 Å². The molecule has 0 spiro atoms. The van der Waals surface area contributed by atoms with Crippen molar-refractivity contribution in [2.45, 2.75) is 44.9 Å². The Morgan fingerprint density at radius 2 is 1.36 bits per heavy atom. The lowest BCUT2D eigenvalue weighted by Gasteiger charge is -2.23. The third kappa shape index (κ3) is 0.758. The second kappa shape index (κ2) is 2.12. The lowest BCUT2D eigenvalue weighted by molar-refractivity contribution is 0.543. The molecule has 1 fully saturated rings. The Balaban J connectivity index is 2.00. The van der Waals surface area contributed by atoms with Gasteiger partial charge in [-0.2, -0.15) is 0 Å². The molecule has 0 N–H and O–H groups in total. The maximum Gasteiger partial charge on any atom is -0.0195 e. The van der Waals surface area contributed by atoms with Crippen molar-refractivity contribution in [2.24, 2.45) is 11.8 Å². The van der Waals surface area contributed by atoms with Crippen LogP contribution in [0.4, 0.5) is 0 Å². The van der Waals surface area contributed by atoms with E-state index in [4.69, 9.17) is 0 Å². The molecule has 0 saturated heterocycles. The molecule has 1 saturated carbocycles. The predicted molar refractivity (Wildman–Crippen MR) is 46.3 cm³/mol. The van der Waals surface area contributed by atoms with Gasteiger partial charge in [-0.1, -0.05) is 11.1 Å². The lowest BCUT2D eigenvalue weighted by Crippen LogP contribution is -2.07. The summed E-state index contributed by atoms with van der Waals surface area (Å²) in [6.45, 7) is 0. The summed E-state index contributed by atoms with van der Waals surface area (Å²) in [5, 5.41) is 0. The molecule has 3 aliphatic rings. The first kappa shape index (κ1) is 6.28. The number of hydrogen-bond donors (Lipinski definition) is 0. The van der Waals surface area contributed by atoms with Crippen LogP contribution in [0.15, 0.2) is 11.1 Å². The van der Waals surface area contributed by atoms with Crippen LogP contribution in [-0.4, -0.2) is 0 Å². The zero-order valence-electron chi connectivity index (χ0n) is 7.10. The molecular weight excluding hydrogens is 132 g/mol. The van der Waals surface area contributed by atoms with Crippen LogP contribution in [-0.2, 0) is 0 Å². The fourth-order valence-corrected chi connectivity index (χ4v) is 3.50. The average Bonchev–Trinajstić information content (AvgIpc) is 2.64. The second-order valence-corrected chi connectivity index (χ2v) is 4.46. The van der Waals surface area contributed by atoms with Gasteiger partial charge in [-0.15, -0.1) is 0 Å². The highest BCUT2D eigenvalue weighted by Crippen LogP contribution is 2.53. The van der Waals surface area contributed by atoms with E-state index in [1.54, 1.807) is 6.42 Å². The summed E-state index contributed by atoms with van der Waals surface area (Å²) in [4.78, 5) is 0. The van der Waals surface area contributed by atoms with E-state index >= 15 is 0 Å². The minimum atomic E-state index is 1.07. The zero-order chi connectivity index (χ0) is 7.26. The molecule has 0 aromatic heterocycles. The van der Waals surface area contributed by atoms with Crippen molar-refractivity contribution in [3.63, 3.8) is 0 Å². The van der Waals surface area contributed by atoms with E-state index in [-0.39, 0.29) is 0 Å². The van der Waals surface area contributed by atoms with Crippen molar-refractivity contribution >= 4 is 0 Å². The van der Waals surface area contributed by atoms with Crippen molar-refractivity contribution in [3.05, 3.63) is 11.1 Å². The highest BCUT2D eigenvalue weighted by atomic mass is 14.4. The van der Waals surface area contributed by atoms with Crippen LogP contribution in [0.5, 0.6) is 0 Å². The van der Waals surface area contributed by atoms with Crippen LogP contribution < -0.4 is 0 Å². The minimum Gasteiger partial charge on any atom is -0.0676 e. The molecule has 2 unspecified atom stereocenters. The van der Waals surface area contributed by atoms with Crippen LogP contribution in [0.25, 0.3) is 0 Å². The van der Waals surface area contributed by atoms with E-state index in [2.05, 4.69) is 0 Å². The molecule has 3 aliphatic carbocycles. The van der Waals surface area contributed by atoms with E-state index in [9.17, 15) is 0 Å². The van der Waals surface area contributed by atoms with Crippen molar-refractivity contribution in [1.29, 1.82) is 0 Å². The Bertz CT molecular complexity index is 190. The van der Waals surface area contributed by atoms with Crippen molar-refractivity contribution in [1.82, 2.24) is 0 Å². The number of rotatable bonds is 0. The predicted octanol–water partition coefficient (Wildman–Crippen LogP) is 3.29. The SMILES string of the molecule is C1CCC2=C(C1)C1CCC2C1. The summed E-state index contributed by atoms with van der Waals surface area (Å²) >= 11 is 0. The first-order chi connectivity index (χ1) is 5.45. The third-order valence-corrected chi connectivity index (χ3v) is 3.97. The van der Waals surface area contributed by atoms with Crippen LogP contribution in [0.3, 0.4) is 0 Å². The van der Waals surface area contributed by atoms with Gasteiger partial charge in [-0.25, -0.2) is 0 Å². The average molecular weight is 148 g/mol. The van der Waals surface area contributed by atoms with Crippen LogP contribution in [0.2, 0.25) is 0 Å². The van der Waals surface area contributed by atoms with E-state index in [0.29, 0.717) is 0 Å². The summed E-state index contributed by atoms with van der Waals surface area (Å²) < 4.78 is 0. The van der Waals surface area contributed by atoms with Gasteiger partial charge in [-0.3, -0.25) is 0 Å². The zero-order valence-corrected chi connectivity index (χ0v) is 7.10. The maximum atomic E-state index is 1.92. The topological polar surface area (TPSA) is 0 Å². The van der Waals surface area contributed by atoms with Gasteiger partial charge >= 0.3 is 0 Å².